The Morgan fingerprint density at radius 1 is 1.08 bits per heavy atom. The number of unbranched alkanes of at least 4 members (excludes halogenated alkanes) is 1. The molecule has 1 fully saturated rings. The molecule has 1 N–H and O–H groups in total. The number of piperazine rings is 1. The van der Waals surface area contributed by atoms with Gasteiger partial charge in [0.2, 0.25) is 0 Å². The number of pyridine rings is 1. The summed E-state index contributed by atoms with van der Waals surface area (Å²) in [5.74, 6) is -0.857. The van der Waals surface area contributed by atoms with Crippen LogP contribution in [-0.2, 0) is 14.1 Å². The van der Waals surface area contributed by atoms with Crippen molar-refractivity contribution in [2.45, 2.75) is 45.6 Å². The van der Waals surface area contributed by atoms with Crippen LogP contribution < -0.4 is 5.32 Å². The molecule has 0 aliphatic carbocycles. The number of rotatable bonds is 8. The minimum absolute atomic E-state index is 0.151. The fraction of sp³-hybridized carbons (Fsp3) is 0.444. The number of carbonyl (C=O) groups excluding carboxylic acids is 3. The first-order chi connectivity index (χ1) is 17.8. The summed E-state index contributed by atoms with van der Waals surface area (Å²) in [6.45, 7) is 7.59. The van der Waals surface area contributed by atoms with Crippen LogP contribution in [0.3, 0.4) is 0 Å². The Hall–Kier alpha value is -3.41. The van der Waals surface area contributed by atoms with Gasteiger partial charge < -0.3 is 0 Å². The third kappa shape index (κ3) is 7.78. The molecule has 0 radical (unpaired) electrons. The Balaban J connectivity index is 1.71. The van der Waals surface area contributed by atoms with E-state index in [1.165, 1.54) is 4.90 Å². The summed E-state index contributed by atoms with van der Waals surface area (Å²) in [5.41, 5.74) is 5.10. The first kappa shape index (κ1) is 28.2. The van der Waals surface area contributed by atoms with Gasteiger partial charge in [-0.1, -0.05) is 6.92 Å². The van der Waals surface area contributed by atoms with E-state index < -0.39 is 31.9 Å². The number of carbonyl (C=O) groups is 3. The monoisotopic (exact) mass is 524 g/mol. The summed E-state index contributed by atoms with van der Waals surface area (Å²) in [7, 11) is -0.504. The van der Waals surface area contributed by atoms with Crippen molar-refractivity contribution in [2.75, 3.05) is 32.8 Å². The molecule has 0 unspecified atom stereocenters. The van der Waals surface area contributed by atoms with Crippen molar-refractivity contribution in [3.05, 3.63) is 53.7 Å². The van der Waals surface area contributed by atoms with Gasteiger partial charge in [0.1, 0.15) is 0 Å². The van der Waals surface area contributed by atoms with E-state index in [1.54, 1.807) is 11.0 Å². The topological polar surface area (TPSA) is 109 Å². The fourth-order valence-electron chi connectivity index (χ4n) is 3.85. The maximum atomic E-state index is 13.2. The average molecular weight is 525 g/mol. The first-order valence-electron chi connectivity index (χ1n) is 12.5. The van der Waals surface area contributed by atoms with E-state index in [0.717, 1.165) is 24.0 Å². The van der Waals surface area contributed by atoms with Crippen LogP contribution in [0.4, 0.5) is 4.79 Å². The zero-order valence-electron chi connectivity index (χ0n) is 21.5. The van der Waals surface area contributed by atoms with Gasteiger partial charge in [-0.05, 0) is 0 Å². The quantitative estimate of drug-likeness (QED) is 0.407. The van der Waals surface area contributed by atoms with Gasteiger partial charge in [0.25, 0.3) is 0 Å². The number of ether oxygens (including phenoxy) is 1. The predicted molar refractivity (Wildman–Crippen MR) is 141 cm³/mol. The van der Waals surface area contributed by atoms with Gasteiger partial charge in [-0.3, -0.25) is 0 Å². The van der Waals surface area contributed by atoms with Crippen molar-refractivity contribution in [1.82, 2.24) is 20.1 Å². The summed E-state index contributed by atoms with van der Waals surface area (Å²) < 4.78 is 16.6. The molecule has 0 spiro atoms. The second kappa shape index (κ2) is 13.8. The van der Waals surface area contributed by atoms with Crippen LogP contribution in [-0.4, -0.2) is 71.5 Å². The summed E-state index contributed by atoms with van der Waals surface area (Å²) in [6, 6.07) is 12.0. The zero-order chi connectivity index (χ0) is 26.8. The second-order valence-electron chi connectivity index (χ2n) is 9.10. The minimum atomic E-state index is -1.22. The Morgan fingerprint density at radius 3 is 2.38 bits per heavy atom. The van der Waals surface area contributed by atoms with E-state index >= 15 is 0 Å². The standard InChI is InChI=1S/C27H33N4O5P/c1-4-5-15-36-27(34)31-13-11-30(12-14-31)26(33)24(18-37-35)29-25(32)23-17-21(19(2)3)16-22(28-23)20-9-7-6-8-10-20/h6-10,16-17,19,24H,4-5,11-15H2,1-3H3,(H,29,32)/t24-/m0/s1. The van der Waals surface area contributed by atoms with Crippen LogP contribution in [0, 0.1) is 5.63 Å². The van der Waals surface area contributed by atoms with Crippen molar-refractivity contribution in [3.63, 3.8) is 0 Å². The SMILES string of the molecule is CCCCOC(=O)N1CCN(C(=O)[C@H](C#P=O)NC(=O)c2cc(C(C)C)cc(-c3ccccc3)n2)CC1. The Kier molecular flexibility index (Phi) is 10.5. The third-order valence-electron chi connectivity index (χ3n) is 6.09. The number of hydrogen-bond acceptors (Lipinski definition) is 6. The van der Waals surface area contributed by atoms with E-state index in [0.29, 0.717) is 25.4 Å². The molecule has 37 heavy (non-hydrogen) atoms. The molecule has 10 heteroatoms. The van der Waals surface area contributed by atoms with Crippen LogP contribution in [0.1, 0.15) is 55.6 Å². The molecule has 2 aromatic rings. The summed E-state index contributed by atoms with van der Waals surface area (Å²) in [6.07, 6.45) is 1.33. The van der Waals surface area contributed by atoms with E-state index in [-0.39, 0.29) is 24.7 Å². The zero-order valence-corrected chi connectivity index (χ0v) is 22.4. The number of nitrogens with one attached hydrogen (secondary N) is 1. The molecule has 1 aromatic carbocycles. The van der Waals surface area contributed by atoms with Gasteiger partial charge in [0.15, 0.2) is 0 Å². The molecule has 0 saturated carbocycles. The molecule has 3 rings (SSSR count). The van der Waals surface area contributed by atoms with Crippen molar-refractivity contribution in [3.8, 4) is 16.9 Å². The van der Waals surface area contributed by atoms with Gasteiger partial charge in [-0.15, -0.1) is 0 Å². The number of nitrogens with zero attached hydrogens (tertiary/aromatic N) is 3. The van der Waals surface area contributed by atoms with Gasteiger partial charge in [0, 0.05) is 0 Å². The van der Waals surface area contributed by atoms with E-state index in [4.69, 9.17) is 4.74 Å². The molecular weight excluding hydrogens is 491 g/mol. The number of amides is 3. The maximum absolute atomic E-state index is 13.2. The van der Waals surface area contributed by atoms with Crippen LogP contribution in [0.5, 0.6) is 0 Å². The molecular formula is C27H33N4O5P. The second-order valence-corrected chi connectivity index (χ2v) is 9.54. The van der Waals surface area contributed by atoms with Crippen molar-refractivity contribution < 1.29 is 23.7 Å². The van der Waals surface area contributed by atoms with E-state index in [2.05, 4.69) is 15.9 Å². The number of benzene rings is 1. The summed E-state index contributed by atoms with van der Waals surface area (Å²) >= 11 is 0. The van der Waals surface area contributed by atoms with E-state index in [9.17, 15) is 18.9 Å². The molecule has 1 saturated heterocycles. The summed E-state index contributed by atoms with van der Waals surface area (Å²) in [5, 5.41) is 2.63. The molecule has 0 bridgehead atoms. The van der Waals surface area contributed by atoms with Gasteiger partial charge in [-0.25, -0.2) is 0 Å². The first-order valence-corrected chi connectivity index (χ1v) is 13.3. The van der Waals surface area contributed by atoms with Crippen LogP contribution in [0.25, 0.3) is 11.3 Å². The Bertz CT molecular complexity index is 1210. The normalized spacial score (nSPS) is 14.1. The van der Waals surface area contributed by atoms with Crippen molar-refractivity contribution >= 4 is 25.8 Å². The van der Waals surface area contributed by atoms with Crippen molar-refractivity contribution in [1.29, 1.82) is 0 Å². The predicted octanol–water partition coefficient (Wildman–Crippen LogP) is 4.30. The van der Waals surface area contributed by atoms with E-state index in [1.807, 2.05) is 57.2 Å². The molecule has 3 amide bonds. The fourth-order valence-corrected chi connectivity index (χ4v) is 4.13. The van der Waals surface area contributed by atoms with Crippen molar-refractivity contribution in [2.24, 2.45) is 0 Å². The molecule has 9 nitrogen and oxygen atoms in total. The van der Waals surface area contributed by atoms with Crippen LogP contribution >= 0.6 is 7.92 Å². The molecule has 196 valence electrons. The molecule has 2 heterocycles. The molecule has 1 aromatic heterocycles. The third-order valence-corrected chi connectivity index (χ3v) is 6.46. The van der Waals surface area contributed by atoms with Gasteiger partial charge in [-0.2, -0.15) is 0 Å². The summed E-state index contributed by atoms with van der Waals surface area (Å²) in [4.78, 5) is 46.1. The molecule has 1 aliphatic rings. The van der Waals surface area contributed by atoms with Gasteiger partial charge in [0.05, 0.1) is 0 Å². The van der Waals surface area contributed by atoms with Crippen LogP contribution in [0.15, 0.2) is 42.5 Å². The molecule has 1 aliphatic heterocycles. The average Bonchev–Trinajstić information content (AvgIpc) is 2.92. The molecule has 1 atom stereocenters. The van der Waals surface area contributed by atoms with Crippen LogP contribution in [0.2, 0.25) is 0 Å². The number of hydrogen-bond donors (Lipinski definition) is 1. The Labute approximate surface area is 218 Å². The van der Waals surface area contributed by atoms with Gasteiger partial charge >= 0.3 is 212 Å². The number of aromatic nitrogens is 1. The Morgan fingerprint density at radius 2 is 1.76 bits per heavy atom.